The SMILES string of the molecule is CC(=O)Nc1ccc([C@H]2CCC[C@H](c3ccc(NC(=O)Cc4ccccn4)nn3)C2)nn1. The van der Waals surface area contributed by atoms with Crippen LogP contribution < -0.4 is 10.6 Å². The Morgan fingerprint density at radius 3 is 2.06 bits per heavy atom. The third kappa shape index (κ3) is 5.69. The van der Waals surface area contributed by atoms with Gasteiger partial charge in [-0.05, 0) is 55.7 Å². The highest BCUT2D eigenvalue weighted by Crippen LogP contribution is 2.39. The Hall–Kier alpha value is -3.75. The second-order valence-electron chi connectivity index (χ2n) is 7.97. The number of carbonyl (C=O) groups is 2. The average Bonchev–Trinajstić information content (AvgIpc) is 2.80. The van der Waals surface area contributed by atoms with Crippen molar-refractivity contribution < 1.29 is 9.59 Å². The molecule has 2 atom stereocenters. The summed E-state index contributed by atoms with van der Waals surface area (Å²) in [6.07, 6.45) is 5.91. The number of anilines is 2. The molecule has 32 heavy (non-hydrogen) atoms. The second kappa shape index (κ2) is 10.0. The molecule has 0 aromatic carbocycles. The zero-order valence-corrected chi connectivity index (χ0v) is 17.9. The molecule has 1 aliphatic rings. The van der Waals surface area contributed by atoms with Crippen LogP contribution in [0.5, 0.6) is 0 Å². The van der Waals surface area contributed by atoms with Gasteiger partial charge in [0.25, 0.3) is 0 Å². The van der Waals surface area contributed by atoms with E-state index in [1.807, 2.05) is 30.3 Å². The molecular formula is C23H25N7O2. The number of nitrogens with one attached hydrogen (secondary N) is 2. The number of pyridine rings is 1. The highest BCUT2D eigenvalue weighted by Gasteiger charge is 2.26. The Bertz CT molecular complexity index is 1060. The molecular weight excluding hydrogens is 406 g/mol. The van der Waals surface area contributed by atoms with E-state index in [0.717, 1.165) is 37.1 Å². The molecule has 0 saturated heterocycles. The first-order chi connectivity index (χ1) is 15.6. The van der Waals surface area contributed by atoms with E-state index in [2.05, 4.69) is 36.0 Å². The minimum absolute atomic E-state index is 0.167. The van der Waals surface area contributed by atoms with Crippen molar-refractivity contribution in [1.82, 2.24) is 25.4 Å². The molecule has 0 spiro atoms. The Balaban J connectivity index is 1.35. The van der Waals surface area contributed by atoms with Crippen molar-refractivity contribution in [2.24, 2.45) is 0 Å². The molecule has 4 rings (SSSR count). The standard InChI is InChI=1S/C23H25N7O2/c1-15(31)25-21-10-8-19(27-29-21)16-5-4-6-17(13-16)20-9-11-22(30-28-20)26-23(32)14-18-7-2-3-12-24-18/h2-3,7-12,16-17H,4-6,13-14H2,1H3,(H,25,29,31)(H,26,30,32)/t16-,17-/m0/s1. The van der Waals surface area contributed by atoms with E-state index in [1.165, 1.54) is 6.92 Å². The molecule has 9 nitrogen and oxygen atoms in total. The van der Waals surface area contributed by atoms with Gasteiger partial charge in [-0.3, -0.25) is 14.6 Å². The number of hydrogen-bond acceptors (Lipinski definition) is 7. The Morgan fingerprint density at radius 1 is 0.875 bits per heavy atom. The van der Waals surface area contributed by atoms with E-state index in [1.54, 1.807) is 18.3 Å². The Kier molecular flexibility index (Phi) is 6.74. The maximum Gasteiger partial charge on any atom is 0.231 e. The van der Waals surface area contributed by atoms with Crippen LogP contribution in [-0.2, 0) is 16.0 Å². The first kappa shape index (κ1) is 21.5. The van der Waals surface area contributed by atoms with Gasteiger partial charge in [0.1, 0.15) is 0 Å². The van der Waals surface area contributed by atoms with Crippen LogP contribution in [0.2, 0.25) is 0 Å². The van der Waals surface area contributed by atoms with Gasteiger partial charge in [-0.25, -0.2) is 0 Å². The molecule has 3 aromatic rings. The van der Waals surface area contributed by atoms with Gasteiger partial charge in [0, 0.05) is 30.7 Å². The van der Waals surface area contributed by atoms with Gasteiger partial charge >= 0.3 is 0 Å². The molecule has 1 saturated carbocycles. The first-order valence-electron chi connectivity index (χ1n) is 10.7. The summed E-state index contributed by atoms with van der Waals surface area (Å²) in [6.45, 7) is 1.44. The molecule has 0 aliphatic heterocycles. The summed E-state index contributed by atoms with van der Waals surface area (Å²) in [6, 6.07) is 12.9. The molecule has 3 heterocycles. The molecule has 9 heteroatoms. The lowest BCUT2D eigenvalue weighted by Crippen LogP contribution is -2.18. The molecule has 2 amide bonds. The average molecular weight is 432 g/mol. The van der Waals surface area contributed by atoms with Crippen molar-refractivity contribution in [3.05, 3.63) is 65.7 Å². The number of nitrogens with zero attached hydrogens (tertiary/aromatic N) is 5. The fourth-order valence-electron chi connectivity index (χ4n) is 4.02. The van der Waals surface area contributed by atoms with Crippen molar-refractivity contribution >= 4 is 23.5 Å². The number of rotatable bonds is 6. The quantitative estimate of drug-likeness (QED) is 0.614. The molecule has 1 aliphatic carbocycles. The van der Waals surface area contributed by atoms with Gasteiger partial charge in [0.05, 0.1) is 17.8 Å². The third-order valence-electron chi connectivity index (χ3n) is 5.52. The minimum Gasteiger partial charge on any atom is -0.309 e. The molecule has 0 radical (unpaired) electrons. The maximum atomic E-state index is 12.2. The van der Waals surface area contributed by atoms with E-state index in [4.69, 9.17) is 0 Å². The zero-order valence-electron chi connectivity index (χ0n) is 17.9. The summed E-state index contributed by atoms with van der Waals surface area (Å²) in [5, 5.41) is 22.4. The number of carbonyl (C=O) groups excluding carboxylic acids is 2. The van der Waals surface area contributed by atoms with E-state index in [0.29, 0.717) is 17.3 Å². The number of amides is 2. The van der Waals surface area contributed by atoms with E-state index in [9.17, 15) is 9.59 Å². The van der Waals surface area contributed by atoms with E-state index < -0.39 is 0 Å². The fraction of sp³-hybridized carbons (Fsp3) is 0.348. The van der Waals surface area contributed by atoms with Crippen molar-refractivity contribution in [3.8, 4) is 0 Å². The van der Waals surface area contributed by atoms with Crippen LogP contribution in [0.25, 0.3) is 0 Å². The lowest BCUT2D eigenvalue weighted by molar-refractivity contribution is -0.116. The lowest BCUT2D eigenvalue weighted by atomic mass is 9.78. The minimum atomic E-state index is -0.176. The molecule has 3 aromatic heterocycles. The predicted octanol–water partition coefficient (Wildman–Crippen LogP) is 3.24. The summed E-state index contributed by atoms with van der Waals surface area (Å²) in [4.78, 5) is 27.5. The smallest absolute Gasteiger partial charge is 0.231 e. The zero-order chi connectivity index (χ0) is 22.3. The molecule has 1 fully saturated rings. The van der Waals surface area contributed by atoms with Crippen molar-refractivity contribution in [2.45, 2.75) is 50.9 Å². The van der Waals surface area contributed by atoms with Crippen molar-refractivity contribution in [3.63, 3.8) is 0 Å². The van der Waals surface area contributed by atoms with Crippen LogP contribution in [0, 0.1) is 0 Å². The predicted molar refractivity (Wildman–Crippen MR) is 119 cm³/mol. The van der Waals surface area contributed by atoms with Gasteiger partial charge in [0.2, 0.25) is 11.8 Å². The van der Waals surface area contributed by atoms with Crippen LogP contribution in [0.1, 0.15) is 61.5 Å². The van der Waals surface area contributed by atoms with Crippen molar-refractivity contribution in [2.75, 3.05) is 10.6 Å². The highest BCUT2D eigenvalue weighted by molar-refractivity contribution is 5.91. The van der Waals surface area contributed by atoms with Gasteiger partial charge in [-0.2, -0.15) is 10.2 Å². The summed E-state index contributed by atoms with van der Waals surface area (Å²) in [7, 11) is 0. The van der Waals surface area contributed by atoms with Crippen LogP contribution in [0.3, 0.4) is 0 Å². The summed E-state index contributed by atoms with van der Waals surface area (Å²) in [5.41, 5.74) is 2.55. The third-order valence-corrected chi connectivity index (χ3v) is 5.52. The van der Waals surface area contributed by atoms with Crippen LogP contribution in [-0.4, -0.2) is 37.2 Å². The Morgan fingerprint density at radius 2 is 1.53 bits per heavy atom. The second-order valence-corrected chi connectivity index (χ2v) is 7.97. The monoisotopic (exact) mass is 431 g/mol. The molecule has 2 N–H and O–H groups in total. The number of hydrogen-bond donors (Lipinski definition) is 2. The van der Waals surface area contributed by atoms with E-state index >= 15 is 0 Å². The fourth-order valence-corrected chi connectivity index (χ4v) is 4.02. The van der Waals surface area contributed by atoms with Crippen LogP contribution in [0.15, 0.2) is 48.7 Å². The van der Waals surface area contributed by atoms with Gasteiger partial charge in [0.15, 0.2) is 11.6 Å². The molecule has 0 unspecified atom stereocenters. The summed E-state index contributed by atoms with van der Waals surface area (Å²) in [5.74, 6) is 1.11. The summed E-state index contributed by atoms with van der Waals surface area (Å²) >= 11 is 0. The lowest BCUT2D eigenvalue weighted by Gasteiger charge is -2.28. The Labute approximate surface area is 186 Å². The molecule has 0 bridgehead atoms. The topological polar surface area (TPSA) is 123 Å². The van der Waals surface area contributed by atoms with Crippen LogP contribution >= 0.6 is 0 Å². The van der Waals surface area contributed by atoms with Crippen molar-refractivity contribution in [1.29, 1.82) is 0 Å². The first-order valence-corrected chi connectivity index (χ1v) is 10.7. The van der Waals surface area contributed by atoms with E-state index in [-0.39, 0.29) is 30.1 Å². The highest BCUT2D eigenvalue weighted by atomic mass is 16.2. The van der Waals surface area contributed by atoms with Gasteiger partial charge in [-0.1, -0.05) is 12.5 Å². The number of aromatic nitrogens is 5. The summed E-state index contributed by atoms with van der Waals surface area (Å²) < 4.78 is 0. The van der Waals surface area contributed by atoms with Gasteiger partial charge < -0.3 is 10.6 Å². The maximum absolute atomic E-state index is 12.2. The normalized spacial score (nSPS) is 18.0. The molecule has 164 valence electrons. The largest absolute Gasteiger partial charge is 0.309 e. The van der Waals surface area contributed by atoms with Crippen LogP contribution in [0.4, 0.5) is 11.6 Å². The van der Waals surface area contributed by atoms with Gasteiger partial charge in [-0.15, -0.1) is 10.2 Å².